The van der Waals surface area contributed by atoms with Crippen LogP contribution in [0.15, 0.2) is 72.8 Å². The lowest BCUT2D eigenvalue weighted by Gasteiger charge is -2.34. The fourth-order valence-electron chi connectivity index (χ4n) is 12.4. The Hall–Kier alpha value is -4.02. The third kappa shape index (κ3) is 12.7. The number of imide groups is 1. The minimum absolute atomic E-state index is 0.114. The number of hydrogen-bond donors (Lipinski definition) is 0. The van der Waals surface area contributed by atoms with Crippen LogP contribution in [0.2, 0.25) is 0 Å². The molecule has 4 aromatic heterocycles. The number of ether oxygens (including phenoxy) is 2. The van der Waals surface area contributed by atoms with Gasteiger partial charge < -0.3 is 9.47 Å². The average Bonchev–Trinajstić information content (AvgIpc) is 4.45. The highest BCUT2D eigenvalue weighted by molar-refractivity contribution is 7.32. The van der Waals surface area contributed by atoms with Gasteiger partial charge in [0.25, 0.3) is 11.8 Å². The van der Waals surface area contributed by atoms with Crippen LogP contribution in [0.25, 0.3) is 40.0 Å². The zero-order chi connectivity index (χ0) is 55.2. The number of amides is 2. The second kappa shape index (κ2) is 28.6. The van der Waals surface area contributed by atoms with Crippen molar-refractivity contribution < 1.29 is 19.1 Å². The number of fused-ring (bicyclic) bond motifs is 5. The van der Waals surface area contributed by atoms with Gasteiger partial charge in [-0.15, -0.1) is 45.3 Å². The van der Waals surface area contributed by atoms with E-state index in [0.717, 1.165) is 125 Å². The van der Waals surface area contributed by atoms with Gasteiger partial charge >= 0.3 is 0 Å². The molecule has 4 unspecified atom stereocenters. The molecule has 0 saturated carbocycles. The third-order valence-corrected chi connectivity index (χ3v) is 22.8. The van der Waals surface area contributed by atoms with Crippen molar-refractivity contribution in [2.24, 2.45) is 11.8 Å². The van der Waals surface area contributed by atoms with Gasteiger partial charge in [0.1, 0.15) is 16.4 Å². The molecule has 8 rings (SSSR count). The second-order valence-electron chi connectivity index (χ2n) is 23.1. The highest BCUT2D eigenvalue weighted by Crippen LogP contribution is 2.59. The van der Waals surface area contributed by atoms with E-state index in [1.165, 1.54) is 95.2 Å². The highest BCUT2D eigenvalue weighted by atomic mass is 32.1. The lowest BCUT2D eigenvalue weighted by atomic mass is 9.72. The summed E-state index contributed by atoms with van der Waals surface area (Å²) in [5, 5.41) is 3.29. The molecule has 0 bridgehead atoms. The number of benzene rings is 3. The van der Waals surface area contributed by atoms with Crippen molar-refractivity contribution in [2.45, 2.75) is 221 Å². The van der Waals surface area contributed by atoms with Gasteiger partial charge in [0, 0.05) is 48.2 Å². The van der Waals surface area contributed by atoms with Gasteiger partial charge in [0.15, 0.2) is 0 Å². The molecule has 1 aliphatic heterocycles. The first-order chi connectivity index (χ1) is 38.1. The quantitative estimate of drug-likeness (QED) is 0.0293. The van der Waals surface area contributed by atoms with Crippen molar-refractivity contribution in [1.82, 2.24) is 4.90 Å². The summed E-state index contributed by atoms with van der Waals surface area (Å²) in [7, 11) is 0. The maximum atomic E-state index is 15.0. The molecule has 0 fully saturated rings. The molecular weight excluding hydrogens is 1040 g/mol. The van der Waals surface area contributed by atoms with Crippen LogP contribution in [-0.4, -0.2) is 36.5 Å². The summed E-state index contributed by atoms with van der Waals surface area (Å²) in [6.45, 7) is 22.6. The summed E-state index contributed by atoms with van der Waals surface area (Å²) in [5.74, 6) is 2.64. The zero-order valence-electron chi connectivity index (χ0n) is 49.2. The average molecular weight is 1130 g/mol. The Kier molecular flexibility index (Phi) is 22.0. The van der Waals surface area contributed by atoms with E-state index in [1.54, 1.807) is 16.2 Å². The third-order valence-electron chi connectivity index (χ3n) is 17.4. The van der Waals surface area contributed by atoms with E-state index >= 15 is 0 Å². The van der Waals surface area contributed by atoms with Crippen LogP contribution < -0.4 is 9.47 Å². The highest BCUT2D eigenvalue weighted by Gasteiger charge is 2.44. The maximum Gasteiger partial charge on any atom is 0.271 e. The van der Waals surface area contributed by atoms with Gasteiger partial charge in [-0.1, -0.05) is 232 Å². The topological polar surface area (TPSA) is 55.8 Å². The Morgan fingerprint density at radius 2 is 1.08 bits per heavy atom. The lowest BCUT2D eigenvalue weighted by molar-refractivity contribution is 0.0653. The molecule has 5 heterocycles. The first kappa shape index (κ1) is 60.1. The van der Waals surface area contributed by atoms with E-state index in [0.29, 0.717) is 42.0 Å². The number of carbonyl (C=O) groups excluding carboxylic acids is 2. The van der Waals surface area contributed by atoms with Crippen LogP contribution in [0.1, 0.15) is 251 Å². The van der Waals surface area contributed by atoms with Crippen molar-refractivity contribution in [2.75, 3.05) is 19.8 Å². The van der Waals surface area contributed by atoms with Crippen molar-refractivity contribution in [3.05, 3.63) is 104 Å². The number of nitrogens with zero attached hydrogens (tertiary/aromatic N) is 1. The van der Waals surface area contributed by atoms with E-state index in [9.17, 15) is 9.59 Å². The van der Waals surface area contributed by atoms with Crippen LogP contribution in [0.5, 0.6) is 11.5 Å². The Labute approximate surface area is 485 Å². The van der Waals surface area contributed by atoms with Crippen molar-refractivity contribution in [3.8, 4) is 21.3 Å². The molecule has 422 valence electrons. The van der Waals surface area contributed by atoms with Gasteiger partial charge in [-0.2, -0.15) is 0 Å². The standard InChI is InChI=1S/C69H93NO4S4/c1-10-18-23-24-25-33-43-70-66(71)57-56-63(77-64(57)67(70)72)62(78-65(56)68(9,41-22-14-5)50-36-28-26-29-37-50)54-44-52-58(73-46-48(16-7)34-20-12-3)61-53(59(60(52)75-54)74-47-49(17-8)35-21-13-4)45-55(76-61)69(40-15-6,42-32-19-11-2)51-38-30-27-31-39-51/h26-31,36-39,44-45,48-49H,10-25,32-35,40-43,46-47H2,1-9H3. The molecule has 1 aliphatic rings. The van der Waals surface area contributed by atoms with E-state index in [-0.39, 0.29) is 22.6 Å². The summed E-state index contributed by atoms with van der Waals surface area (Å²) in [6.07, 6.45) is 25.7. The Bertz CT molecular complexity index is 2940. The van der Waals surface area contributed by atoms with E-state index in [2.05, 4.69) is 135 Å². The van der Waals surface area contributed by atoms with Crippen molar-refractivity contribution >= 4 is 87.4 Å². The van der Waals surface area contributed by atoms with Gasteiger partial charge in [-0.25, -0.2) is 0 Å². The summed E-state index contributed by atoms with van der Waals surface area (Å²) in [5.41, 5.74) is 2.77. The smallest absolute Gasteiger partial charge is 0.271 e. The summed E-state index contributed by atoms with van der Waals surface area (Å²) < 4.78 is 18.3. The molecular formula is C69H93NO4S4. The van der Waals surface area contributed by atoms with Gasteiger partial charge in [0.2, 0.25) is 0 Å². The van der Waals surface area contributed by atoms with E-state index in [4.69, 9.17) is 9.47 Å². The largest absolute Gasteiger partial charge is 0.491 e. The SMILES string of the molecule is CCCCCCCCN1C(=O)c2sc3c(-c4cc5c(OCC(CC)CCCC)c6sc(C(CCC)(CCCCC)c7ccccc7)cc6c(OCC(CC)CCCC)c5s4)sc(C(C)(CCCC)c4ccccc4)c3c2C1=O. The van der Waals surface area contributed by atoms with Crippen molar-refractivity contribution in [1.29, 1.82) is 0 Å². The summed E-state index contributed by atoms with van der Waals surface area (Å²) >= 11 is 7.20. The molecule has 0 N–H and O–H groups in total. The fraction of sp³-hybridized carbons (Fsp3) is 0.565. The fourth-order valence-corrected chi connectivity index (χ4v) is 18.1. The number of carbonyl (C=O) groups is 2. The van der Waals surface area contributed by atoms with Crippen LogP contribution in [0.3, 0.4) is 0 Å². The van der Waals surface area contributed by atoms with Crippen molar-refractivity contribution in [3.63, 3.8) is 0 Å². The van der Waals surface area contributed by atoms with Crippen LogP contribution >= 0.6 is 45.3 Å². The first-order valence-corrected chi connectivity index (χ1v) is 34.2. The molecule has 9 heteroatoms. The number of rotatable bonds is 35. The Morgan fingerprint density at radius 1 is 0.513 bits per heavy atom. The maximum absolute atomic E-state index is 15.0. The minimum Gasteiger partial charge on any atom is -0.491 e. The predicted octanol–water partition coefficient (Wildman–Crippen LogP) is 22.4. The molecule has 78 heavy (non-hydrogen) atoms. The number of unbranched alkanes of at least 4 members (excludes halogenated alkanes) is 10. The summed E-state index contributed by atoms with van der Waals surface area (Å²) in [6, 6.07) is 27.3. The molecule has 0 radical (unpaired) electrons. The van der Waals surface area contributed by atoms with Crippen LogP contribution in [0, 0.1) is 11.8 Å². The molecule has 0 aliphatic carbocycles. The molecule has 4 atom stereocenters. The van der Waals surface area contributed by atoms with E-state index in [1.807, 2.05) is 34.0 Å². The minimum atomic E-state index is -0.385. The zero-order valence-corrected chi connectivity index (χ0v) is 52.4. The molecule has 7 aromatic rings. The van der Waals surface area contributed by atoms with E-state index < -0.39 is 0 Å². The van der Waals surface area contributed by atoms with Crippen LogP contribution in [-0.2, 0) is 10.8 Å². The van der Waals surface area contributed by atoms with Gasteiger partial charge in [-0.05, 0) is 73.6 Å². The summed E-state index contributed by atoms with van der Waals surface area (Å²) in [4.78, 5) is 36.7. The lowest BCUT2D eigenvalue weighted by Crippen LogP contribution is -2.31. The van der Waals surface area contributed by atoms with Crippen LogP contribution in [0.4, 0.5) is 0 Å². The normalized spacial score (nSPS) is 15.2. The molecule has 0 saturated heterocycles. The second-order valence-corrected chi connectivity index (χ2v) is 27.2. The monoisotopic (exact) mass is 1130 g/mol. The first-order valence-electron chi connectivity index (χ1n) is 30.9. The number of hydrogen-bond acceptors (Lipinski definition) is 8. The molecule has 3 aromatic carbocycles. The Morgan fingerprint density at radius 3 is 1.68 bits per heavy atom. The predicted molar refractivity (Wildman–Crippen MR) is 341 cm³/mol. The van der Waals surface area contributed by atoms with Gasteiger partial charge in [-0.3, -0.25) is 14.5 Å². The van der Waals surface area contributed by atoms with Gasteiger partial charge in [0.05, 0.1) is 37.8 Å². The Balaban J connectivity index is 1.39. The molecule has 0 spiro atoms. The number of thiophene rings is 4. The molecule has 5 nitrogen and oxygen atoms in total. The molecule has 2 amide bonds.